The zero-order chi connectivity index (χ0) is 7.72. The SMILES string of the molecule is C.Cc1cc(C)c(N)c(C)c1. The molecule has 0 saturated carbocycles. The lowest BCUT2D eigenvalue weighted by Gasteiger charge is -2.04. The van der Waals surface area contributed by atoms with Gasteiger partial charge in [0.15, 0.2) is 0 Å². The third-order valence-corrected chi connectivity index (χ3v) is 1.74. The van der Waals surface area contributed by atoms with Crippen LogP contribution in [0.1, 0.15) is 24.1 Å². The molecule has 1 nitrogen and oxygen atoms in total. The predicted octanol–water partition coefficient (Wildman–Crippen LogP) is 2.83. The Hall–Kier alpha value is -0.980. The third kappa shape index (κ3) is 1.97. The van der Waals surface area contributed by atoms with Gasteiger partial charge in [-0.05, 0) is 31.9 Å². The topological polar surface area (TPSA) is 26.0 Å². The fourth-order valence-corrected chi connectivity index (χ4v) is 1.19. The summed E-state index contributed by atoms with van der Waals surface area (Å²) in [6.45, 7) is 6.16. The van der Waals surface area contributed by atoms with Gasteiger partial charge < -0.3 is 5.73 Å². The van der Waals surface area contributed by atoms with E-state index in [0.29, 0.717) is 0 Å². The van der Waals surface area contributed by atoms with Crippen LogP contribution in [0.25, 0.3) is 0 Å². The summed E-state index contributed by atoms with van der Waals surface area (Å²) in [5.41, 5.74) is 10.3. The molecule has 0 aliphatic rings. The fraction of sp³-hybridized carbons (Fsp3) is 0.400. The van der Waals surface area contributed by atoms with Crippen molar-refractivity contribution in [3.05, 3.63) is 28.8 Å². The highest BCUT2D eigenvalue weighted by Gasteiger charge is 1.96. The Morgan fingerprint density at radius 3 is 1.73 bits per heavy atom. The Kier molecular flexibility index (Phi) is 3.12. The molecule has 2 N–H and O–H groups in total. The van der Waals surface area contributed by atoms with Gasteiger partial charge in [-0.1, -0.05) is 25.1 Å². The summed E-state index contributed by atoms with van der Waals surface area (Å²) >= 11 is 0. The van der Waals surface area contributed by atoms with Crippen LogP contribution < -0.4 is 5.73 Å². The van der Waals surface area contributed by atoms with Gasteiger partial charge in [-0.25, -0.2) is 0 Å². The van der Waals surface area contributed by atoms with E-state index < -0.39 is 0 Å². The lowest BCUT2D eigenvalue weighted by molar-refractivity contribution is 1.33. The molecule has 0 amide bonds. The van der Waals surface area contributed by atoms with E-state index in [1.54, 1.807) is 0 Å². The van der Waals surface area contributed by atoms with E-state index in [9.17, 15) is 0 Å². The molecule has 11 heavy (non-hydrogen) atoms. The molecule has 1 aromatic rings. The molecule has 0 aliphatic carbocycles. The van der Waals surface area contributed by atoms with Crippen LogP contribution in [-0.4, -0.2) is 0 Å². The highest BCUT2D eigenvalue weighted by Crippen LogP contribution is 2.17. The van der Waals surface area contributed by atoms with Crippen molar-refractivity contribution in [2.75, 3.05) is 5.73 Å². The summed E-state index contributed by atoms with van der Waals surface area (Å²) in [5, 5.41) is 0. The van der Waals surface area contributed by atoms with Crippen LogP contribution >= 0.6 is 0 Å². The van der Waals surface area contributed by atoms with E-state index in [1.807, 2.05) is 13.8 Å². The van der Waals surface area contributed by atoms with Crippen LogP contribution in [0.2, 0.25) is 0 Å². The standard InChI is InChI=1S/C9H13N.CH4/c1-6-4-7(2)9(10)8(3)5-6;/h4-5H,10H2,1-3H3;1H4. The number of benzene rings is 1. The van der Waals surface area contributed by atoms with Crippen molar-refractivity contribution in [3.63, 3.8) is 0 Å². The van der Waals surface area contributed by atoms with Crippen molar-refractivity contribution in [2.24, 2.45) is 0 Å². The number of aryl methyl sites for hydroxylation is 3. The third-order valence-electron chi connectivity index (χ3n) is 1.74. The van der Waals surface area contributed by atoms with Gasteiger partial charge in [0, 0.05) is 5.69 Å². The summed E-state index contributed by atoms with van der Waals surface area (Å²) in [6, 6.07) is 4.20. The van der Waals surface area contributed by atoms with E-state index in [4.69, 9.17) is 5.73 Å². The smallest absolute Gasteiger partial charge is 0.0373 e. The van der Waals surface area contributed by atoms with Crippen LogP contribution in [0.15, 0.2) is 12.1 Å². The number of hydrogen-bond acceptors (Lipinski definition) is 1. The molecule has 1 aromatic carbocycles. The summed E-state index contributed by atoms with van der Waals surface area (Å²) in [7, 11) is 0. The maximum atomic E-state index is 5.75. The Morgan fingerprint density at radius 1 is 1.00 bits per heavy atom. The normalized spacial score (nSPS) is 9.00. The van der Waals surface area contributed by atoms with Crippen molar-refractivity contribution < 1.29 is 0 Å². The van der Waals surface area contributed by atoms with Crippen LogP contribution in [0.5, 0.6) is 0 Å². The molecule has 0 saturated heterocycles. The molecule has 0 heterocycles. The largest absolute Gasteiger partial charge is 0.398 e. The van der Waals surface area contributed by atoms with E-state index in [-0.39, 0.29) is 7.43 Å². The lowest BCUT2D eigenvalue weighted by atomic mass is 10.1. The number of hydrogen-bond donors (Lipinski definition) is 1. The maximum Gasteiger partial charge on any atom is 0.0373 e. The second kappa shape index (κ2) is 3.42. The minimum Gasteiger partial charge on any atom is -0.398 e. The molecule has 0 atom stereocenters. The molecule has 0 radical (unpaired) electrons. The maximum absolute atomic E-state index is 5.75. The zero-order valence-electron chi connectivity index (χ0n) is 6.73. The highest BCUT2D eigenvalue weighted by molar-refractivity contribution is 5.54. The number of anilines is 1. The van der Waals surface area contributed by atoms with Crippen LogP contribution in [0.3, 0.4) is 0 Å². The lowest BCUT2D eigenvalue weighted by Crippen LogP contribution is -1.93. The van der Waals surface area contributed by atoms with E-state index in [1.165, 1.54) is 16.7 Å². The van der Waals surface area contributed by atoms with Crippen LogP contribution in [0.4, 0.5) is 5.69 Å². The molecule has 0 fully saturated rings. The summed E-state index contributed by atoms with van der Waals surface area (Å²) in [4.78, 5) is 0. The monoisotopic (exact) mass is 151 g/mol. The molecular weight excluding hydrogens is 134 g/mol. The van der Waals surface area contributed by atoms with Gasteiger partial charge in [0.1, 0.15) is 0 Å². The first kappa shape index (κ1) is 10.0. The first-order valence-electron chi connectivity index (χ1n) is 3.44. The number of rotatable bonds is 0. The molecule has 0 unspecified atom stereocenters. The van der Waals surface area contributed by atoms with Gasteiger partial charge >= 0.3 is 0 Å². The van der Waals surface area contributed by atoms with Gasteiger partial charge in [-0.2, -0.15) is 0 Å². The number of nitrogens with two attached hydrogens (primary N) is 1. The number of nitrogen functional groups attached to an aromatic ring is 1. The molecular formula is C10H17N. The Morgan fingerprint density at radius 2 is 1.36 bits per heavy atom. The van der Waals surface area contributed by atoms with Gasteiger partial charge in [0.05, 0.1) is 0 Å². The first-order valence-corrected chi connectivity index (χ1v) is 3.44. The minimum atomic E-state index is 0. The molecule has 0 bridgehead atoms. The first-order chi connectivity index (χ1) is 4.61. The Balaban J connectivity index is 0.000001000. The van der Waals surface area contributed by atoms with Gasteiger partial charge in [0.2, 0.25) is 0 Å². The van der Waals surface area contributed by atoms with Crippen molar-refractivity contribution in [3.8, 4) is 0 Å². The van der Waals surface area contributed by atoms with Crippen LogP contribution in [0, 0.1) is 20.8 Å². The Labute approximate surface area is 69.2 Å². The highest BCUT2D eigenvalue weighted by atomic mass is 14.6. The van der Waals surface area contributed by atoms with Gasteiger partial charge in [0.25, 0.3) is 0 Å². The summed E-state index contributed by atoms with van der Waals surface area (Å²) < 4.78 is 0. The minimum absolute atomic E-state index is 0. The predicted molar refractivity (Wildman–Crippen MR) is 51.8 cm³/mol. The van der Waals surface area contributed by atoms with E-state index >= 15 is 0 Å². The quantitative estimate of drug-likeness (QED) is 0.567. The molecule has 62 valence electrons. The zero-order valence-corrected chi connectivity index (χ0v) is 6.73. The van der Waals surface area contributed by atoms with Crippen molar-refractivity contribution in [2.45, 2.75) is 28.2 Å². The Bertz CT molecular complexity index is 228. The molecule has 0 aromatic heterocycles. The van der Waals surface area contributed by atoms with Gasteiger partial charge in [-0.3, -0.25) is 0 Å². The second-order valence-electron chi connectivity index (χ2n) is 2.81. The molecule has 0 spiro atoms. The van der Waals surface area contributed by atoms with E-state index in [2.05, 4.69) is 19.1 Å². The van der Waals surface area contributed by atoms with Crippen LogP contribution in [-0.2, 0) is 0 Å². The average molecular weight is 151 g/mol. The molecule has 1 rings (SSSR count). The molecule has 0 aliphatic heterocycles. The van der Waals surface area contributed by atoms with Gasteiger partial charge in [-0.15, -0.1) is 0 Å². The fourth-order valence-electron chi connectivity index (χ4n) is 1.19. The van der Waals surface area contributed by atoms with Crippen molar-refractivity contribution in [1.82, 2.24) is 0 Å². The summed E-state index contributed by atoms with van der Waals surface area (Å²) in [5.74, 6) is 0. The summed E-state index contributed by atoms with van der Waals surface area (Å²) in [6.07, 6.45) is 0. The average Bonchev–Trinajstić information content (AvgIpc) is 1.82. The van der Waals surface area contributed by atoms with Crippen molar-refractivity contribution >= 4 is 5.69 Å². The second-order valence-corrected chi connectivity index (χ2v) is 2.81. The van der Waals surface area contributed by atoms with E-state index in [0.717, 1.165) is 5.69 Å². The van der Waals surface area contributed by atoms with Crippen molar-refractivity contribution in [1.29, 1.82) is 0 Å². The molecule has 1 heteroatoms.